The molecule has 0 aliphatic heterocycles. The largest absolute Gasteiger partial charge is 0.481 e. The molecule has 2 amide bonds. The lowest BCUT2D eigenvalue weighted by molar-refractivity contribution is -0.137. The van der Waals surface area contributed by atoms with Crippen LogP contribution in [-0.4, -0.2) is 23.7 Å². The number of benzene rings is 1. The molecule has 3 N–H and O–H groups in total. The number of hydrogen-bond acceptors (Lipinski definition) is 2. The van der Waals surface area contributed by atoms with Crippen molar-refractivity contribution >= 4 is 46.2 Å². The number of rotatable bonds is 6. The molecule has 0 aromatic heterocycles. The molecule has 0 saturated carbocycles. The topological polar surface area (TPSA) is 78.4 Å². The maximum absolute atomic E-state index is 11.4. The van der Waals surface area contributed by atoms with E-state index < -0.39 is 5.97 Å². The van der Waals surface area contributed by atoms with Gasteiger partial charge >= 0.3 is 12.0 Å². The summed E-state index contributed by atoms with van der Waals surface area (Å²) in [5.41, 5.74) is 0.977. The van der Waals surface area contributed by atoms with Gasteiger partial charge in [-0.25, -0.2) is 4.79 Å². The second kappa shape index (κ2) is 8.21. The van der Waals surface area contributed by atoms with E-state index in [9.17, 15) is 9.59 Å². The Morgan fingerprint density at radius 1 is 1.32 bits per heavy atom. The number of carbonyl (C=O) groups is 2. The first-order chi connectivity index (χ1) is 8.99. The molecule has 0 aliphatic rings. The standard InChI is InChI=1S/C12H14ClIN2O3/c13-9-4-3-8(10(14)6-9)7-16-12(19)15-5-1-2-11(17)18/h3-4,6H,1-2,5,7H2,(H,17,18)(H2,15,16,19). The predicted octanol–water partition coefficient (Wildman–Crippen LogP) is 2.61. The van der Waals surface area contributed by atoms with Gasteiger partial charge < -0.3 is 15.7 Å². The van der Waals surface area contributed by atoms with E-state index >= 15 is 0 Å². The molecule has 1 aromatic carbocycles. The number of nitrogens with one attached hydrogen (secondary N) is 2. The number of urea groups is 1. The highest BCUT2D eigenvalue weighted by Gasteiger charge is 2.04. The number of aliphatic carboxylic acids is 1. The molecule has 0 saturated heterocycles. The van der Waals surface area contributed by atoms with Crippen molar-refractivity contribution < 1.29 is 14.7 Å². The number of halogens is 2. The van der Waals surface area contributed by atoms with Crippen LogP contribution in [0.15, 0.2) is 18.2 Å². The second-order valence-electron chi connectivity index (χ2n) is 3.84. The van der Waals surface area contributed by atoms with Crippen molar-refractivity contribution in [2.24, 2.45) is 0 Å². The van der Waals surface area contributed by atoms with E-state index in [1.54, 1.807) is 6.07 Å². The summed E-state index contributed by atoms with van der Waals surface area (Å²) < 4.78 is 0.983. The minimum atomic E-state index is -0.863. The van der Waals surface area contributed by atoms with Crippen LogP contribution in [-0.2, 0) is 11.3 Å². The zero-order valence-electron chi connectivity index (χ0n) is 10.1. The lowest BCUT2D eigenvalue weighted by atomic mass is 10.2. The van der Waals surface area contributed by atoms with E-state index in [1.807, 2.05) is 12.1 Å². The summed E-state index contributed by atoms with van der Waals surface area (Å²) in [6.45, 7) is 0.746. The van der Waals surface area contributed by atoms with Crippen LogP contribution < -0.4 is 10.6 Å². The van der Waals surface area contributed by atoms with Crippen molar-refractivity contribution in [1.29, 1.82) is 0 Å². The number of carboxylic acids is 1. The van der Waals surface area contributed by atoms with E-state index in [0.29, 0.717) is 24.5 Å². The molecule has 5 nitrogen and oxygen atoms in total. The Morgan fingerprint density at radius 3 is 2.68 bits per heavy atom. The fourth-order valence-electron chi connectivity index (χ4n) is 1.34. The average molecular weight is 397 g/mol. The van der Waals surface area contributed by atoms with Crippen LogP contribution in [0.5, 0.6) is 0 Å². The molecule has 0 radical (unpaired) electrons. The molecule has 1 rings (SSSR count). The summed E-state index contributed by atoms with van der Waals surface area (Å²) >= 11 is 7.99. The van der Waals surface area contributed by atoms with Gasteiger partial charge in [0.05, 0.1) is 0 Å². The Morgan fingerprint density at radius 2 is 2.05 bits per heavy atom. The van der Waals surface area contributed by atoms with E-state index in [2.05, 4.69) is 33.2 Å². The molecular weight excluding hydrogens is 382 g/mol. The Hall–Kier alpha value is -1.02. The number of carboxylic acid groups (broad SMARTS) is 1. The summed E-state index contributed by atoms with van der Waals surface area (Å²) in [6, 6.07) is 5.14. The molecule has 0 spiro atoms. The van der Waals surface area contributed by atoms with Gasteiger partial charge in [0, 0.05) is 28.1 Å². The van der Waals surface area contributed by atoms with Crippen molar-refractivity contribution in [3.05, 3.63) is 32.4 Å². The van der Waals surface area contributed by atoms with Crippen LogP contribution in [0, 0.1) is 3.57 Å². The van der Waals surface area contributed by atoms with Crippen molar-refractivity contribution in [3.63, 3.8) is 0 Å². The normalized spacial score (nSPS) is 10.0. The maximum atomic E-state index is 11.4. The number of hydrogen-bond donors (Lipinski definition) is 3. The molecule has 0 bridgehead atoms. The van der Waals surface area contributed by atoms with Gasteiger partial charge in [-0.15, -0.1) is 0 Å². The first-order valence-corrected chi connectivity index (χ1v) is 7.12. The van der Waals surface area contributed by atoms with Gasteiger partial charge in [-0.3, -0.25) is 4.79 Å². The van der Waals surface area contributed by atoms with Gasteiger partial charge in [0.15, 0.2) is 0 Å². The van der Waals surface area contributed by atoms with Gasteiger partial charge in [0.1, 0.15) is 0 Å². The quantitative estimate of drug-likeness (QED) is 0.511. The summed E-state index contributed by atoms with van der Waals surface area (Å²) in [4.78, 5) is 21.7. The summed E-state index contributed by atoms with van der Waals surface area (Å²) in [7, 11) is 0. The Balaban J connectivity index is 2.28. The molecule has 7 heteroatoms. The molecule has 104 valence electrons. The van der Waals surface area contributed by atoms with E-state index in [0.717, 1.165) is 9.13 Å². The monoisotopic (exact) mass is 396 g/mol. The van der Waals surface area contributed by atoms with Crippen LogP contribution in [0.2, 0.25) is 5.02 Å². The lowest BCUT2D eigenvalue weighted by Crippen LogP contribution is -2.35. The number of carbonyl (C=O) groups excluding carboxylic acids is 1. The highest BCUT2D eigenvalue weighted by atomic mass is 127. The first kappa shape index (κ1) is 16.0. The summed E-state index contributed by atoms with van der Waals surface area (Å²) in [5.74, 6) is -0.863. The van der Waals surface area contributed by atoms with Crippen molar-refractivity contribution in [2.45, 2.75) is 19.4 Å². The molecular formula is C12H14ClIN2O3. The minimum absolute atomic E-state index is 0.0510. The average Bonchev–Trinajstić information content (AvgIpc) is 2.33. The van der Waals surface area contributed by atoms with Crippen LogP contribution >= 0.6 is 34.2 Å². The third kappa shape index (κ3) is 6.63. The Labute approximate surface area is 129 Å². The van der Waals surface area contributed by atoms with Crippen LogP contribution in [0.1, 0.15) is 18.4 Å². The molecule has 0 atom stereocenters. The highest BCUT2D eigenvalue weighted by molar-refractivity contribution is 14.1. The third-order valence-electron chi connectivity index (χ3n) is 2.31. The van der Waals surface area contributed by atoms with Gasteiger partial charge in [0.25, 0.3) is 0 Å². The van der Waals surface area contributed by atoms with E-state index in [1.165, 1.54) is 0 Å². The molecule has 1 aromatic rings. The zero-order chi connectivity index (χ0) is 14.3. The number of amides is 2. The maximum Gasteiger partial charge on any atom is 0.315 e. The van der Waals surface area contributed by atoms with Crippen molar-refractivity contribution in [3.8, 4) is 0 Å². The van der Waals surface area contributed by atoms with Gasteiger partial charge in [-0.1, -0.05) is 17.7 Å². The zero-order valence-corrected chi connectivity index (χ0v) is 13.0. The minimum Gasteiger partial charge on any atom is -0.481 e. The first-order valence-electron chi connectivity index (χ1n) is 5.66. The van der Waals surface area contributed by atoms with Gasteiger partial charge in [-0.2, -0.15) is 0 Å². The van der Waals surface area contributed by atoms with E-state index in [-0.39, 0.29) is 12.5 Å². The second-order valence-corrected chi connectivity index (χ2v) is 5.44. The van der Waals surface area contributed by atoms with Gasteiger partial charge in [0.2, 0.25) is 0 Å². The van der Waals surface area contributed by atoms with Crippen LogP contribution in [0.25, 0.3) is 0 Å². The fourth-order valence-corrected chi connectivity index (χ4v) is 2.41. The van der Waals surface area contributed by atoms with Crippen LogP contribution in [0.4, 0.5) is 4.79 Å². The Kier molecular flexibility index (Phi) is 6.93. The third-order valence-corrected chi connectivity index (χ3v) is 3.55. The molecule has 19 heavy (non-hydrogen) atoms. The molecule has 0 aliphatic carbocycles. The van der Waals surface area contributed by atoms with Gasteiger partial charge in [-0.05, 0) is 46.7 Å². The summed E-state index contributed by atoms with van der Waals surface area (Å²) in [6.07, 6.45) is 0.469. The highest BCUT2D eigenvalue weighted by Crippen LogP contribution is 2.17. The van der Waals surface area contributed by atoms with E-state index in [4.69, 9.17) is 16.7 Å². The van der Waals surface area contributed by atoms with Crippen molar-refractivity contribution in [2.75, 3.05) is 6.54 Å². The van der Waals surface area contributed by atoms with Crippen LogP contribution in [0.3, 0.4) is 0 Å². The predicted molar refractivity (Wildman–Crippen MR) is 81.3 cm³/mol. The lowest BCUT2D eigenvalue weighted by Gasteiger charge is -2.08. The molecule has 0 fully saturated rings. The smallest absolute Gasteiger partial charge is 0.315 e. The van der Waals surface area contributed by atoms with Crippen molar-refractivity contribution in [1.82, 2.24) is 10.6 Å². The fraction of sp³-hybridized carbons (Fsp3) is 0.333. The molecule has 0 heterocycles. The molecule has 0 unspecified atom stereocenters. The Bertz CT molecular complexity index is 468. The summed E-state index contributed by atoms with van der Waals surface area (Å²) in [5, 5.41) is 14.4. The SMILES string of the molecule is O=C(O)CCCNC(=O)NCc1ccc(Cl)cc1I.